The van der Waals surface area contributed by atoms with E-state index in [1.54, 1.807) is 0 Å². The molecule has 0 saturated heterocycles. The molecule has 10 aromatic rings. The molecule has 1 aromatic heterocycles. The second kappa shape index (κ2) is 10.2. The number of para-hydroxylation sites is 2. The molecule has 0 aliphatic heterocycles. The van der Waals surface area contributed by atoms with Gasteiger partial charge in [0.1, 0.15) is 11.2 Å². The van der Waals surface area contributed by atoms with Gasteiger partial charge in [0.15, 0.2) is 0 Å². The lowest BCUT2D eigenvalue weighted by molar-refractivity contribution is 0.670. The fourth-order valence-electron chi connectivity index (χ4n) is 7.79. The third kappa shape index (κ3) is 3.90. The van der Waals surface area contributed by atoms with Crippen LogP contribution in [0.1, 0.15) is 0 Å². The molecule has 10 rings (SSSR count). The van der Waals surface area contributed by atoms with E-state index in [1.807, 2.05) is 6.07 Å². The van der Waals surface area contributed by atoms with E-state index in [1.165, 1.54) is 70.9 Å². The molecule has 1 heterocycles. The second-order valence-corrected chi connectivity index (χ2v) is 12.4. The Labute approximate surface area is 271 Å². The molecule has 9 aromatic carbocycles. The van der Waals surface area contributed by atoms with E-state index in [2.05, 4.69) is 164 Å². The Kier molecular flexibility index (Phi) is 5.64. The summed E-state index contributed by atoms with van der Waals surface area (Å²) in [4.78, 5) is 0. The molecule has 1 heteroatoms. The highest BCUT2D eigenvalue weighted by Crippen LogP contribution is 2.48. The average Bonchev–Trinajstić information content (AvgIpc) is 3.52. The molecule has 0 unspecified atom stereocenters. The van der Waals surface area contributed by atoms with Gasteiger partial charge in [0.2, 0.25) is 0 Å². The predicted molar refractivity (Wildman–Crippen MR) is 200 cm³/mol. The first-order valence-corrected chi connectivity index (χ1v) is 16.2. The maximum Gasteiger partial charge on any atom is 0.143 e. The molecule has 0 amide bonds. The largest absolute Gasteiger partial charge is 0.455 e. The van der Waals surface area contributed by atoms with Crippen molar-refractivity contribution in [1.82, 2.24) is 0 Å². The van der Waals surface area contributed by atoms with Gasteiger partial charge in [-0.2, -0.15) is 0 Å². The van der Waals surface area contributed by atoms with Crippen LogP contribution >= 0.6 is 0 Å². The summed E-state index contributed by atoms with van der Waals surface area (Å²) >= 11 is 0. The quantitative estimate of drug-likeness (QED) is 0.185. The summed E-state index contributed by atoms with van der Waals surface area (Å²) < 4.78 is 6.68. The zero-order valence-electron chi connectivity index (χ0n) is 25.6. The Balaban J connectivity index is 1.40. The third-order valence-corrected chi connectivity index (χ3v) is 9.86. The van der Waals surface area contributed by atoms with E-state index in [4.69, 9.17) is 4.42 Å². The Hall–Kier alpha value is -6.18. The lowest BCUT2D eigenvalue weighted by Gasteiger charge is -2.20. The van der Waals surface area contributed by atoms with Crippen LogP contribution in [0.4, 0.5) is 0 Å². The first kappa shape index (κ1) is 26.1. The SMILES string of the molecule is c1ccc2c(-c3ccc4c(-c5cccc6ccccc56)c5ccccc5c(-c5cccc6c5oc5ccccc56)c4c3)cccc2c1. The maximum absolute atomic E-state index is 6.68. The minimum atomic E-state index is 0.910. The van der Waals surface area contributed by atoms with Gasteiger partial charge in [-0.1, -0.05) is 158 Å². The zero-order chi connectivity index (χ0) is 30.9. The molecule has 0 spiro atoms. The first-order valence-electron chi connectivity index (χ1n) is 16.2. The fourth-order valence-corrected chi connectivity index (χ4v) is 7.79. The standard InChI is InChI=1S/C46H28O/c1-3-16-32-29(12-1)14-9-21-34(32)31-26-27-39-42(28-31)45(41-24-11-23-40-35-18-7-8-25-43(35)47-46(40)41)38-20-6-5-19-37(38)44(39)36-22-10-15-30-13-2-4-17-33(30)36/h1-28H. The predicted octanol–water partition coefficient (Wildman–Crippen LogP) is 13.2. The molecule has 0 saturated carbocycles. The number of hydrogen-bond acceptors (Lipinski definition) is 1. The van der Waals surface area contributed by atoms with Crippen LogP contribution in [-0.4, -0.2) is 0 Å². The Morgan fingerprint density at radius 1 is 0.298 bits per heavy atom. The lowest BCUT2D eigenvalue weighted by Crippen LogP contribution is -1.93. The smallest absolute Gasteiger partial charge is 0.143 e. The summed E-state index contributed by atoms with van der Waals surface area (Å²) in [6.07, 6.45) is 0. The molecule has 0 atom stereocenters. The second-order valence-electron chi connectivity index (χ2n) is 12.4. The normalized spacial score (nSPS) is 11.8. The monoisotopic (exact) mass is 596 g/mol. The number of benzene rings is 9. The van der Waals surface area contributed by atoms with E-state index in [9.17, 15) is 0 Å². The minimum absolute atomic E-state index is 0.910. The molecule has 1 nitrogen and oxygen atoms in total. The summed E-state index contributed by atoms with van der Waals surface area (Å²) in [5.74, 6) is 0. The van der Waals surface area contributed by atoms with Crippen LogP contribution in [0.5, 0.6) is 0 Å². The summed E-state index contributed by atoms with van der Waals surface area (Å²) in [6.45, 7) is 0. The number of hydrogen-bond donors (Lipinski definition) is 0. The maximum atomic E-state index is 6.68. The lowest BCUT2D eigenvalue weighted by atomic mass is 9.83. The van der Waals surface area contributed by atoms with Crippen molar-refractivity contribution < 1.29 is 4.42 Å². The molecule has 0 bridgehead atoms. The van der Waals surface area contributed by atoms with Crippen LogP contribution in [0.15, 0.2) is 174 Å². The number of furan rings is 1. The van der Waals surface area contributed by atoms with Crippen molar-refractivity contribution in [2.75, 3.05) is 0 Å². The van der Waals surface area contributed by atoms with E-state index < -0.39 is 0 Å². The van der Waals surface area contributed by atoms with Crippen molar-refractivity contribution in [3.05, 3.63) is 170 Å². The van der Waals surface area contributed by atoms with Gasteiger partial charge in [-0.05, 0) is 77.5 Å². The Morgan fingerprint density at radius 2 is 0.787 bits per heavy atom. The van der Waals surface area contributed by atoms with Gasteiger partial charge in [0.05, 0.1) is 0 Å². The zero-order valence-corrected chi connectivity index (χ0v) is 25.6. The summed E-state index contributed by atoms with van der Waals surface area (Å²) in [6, 6.07) is 61.6. The van der Waals surface area contributed by atoms with Crippen LogP contribution in [0.2, 0.25) is 0 Å². The van der Waals surface area contributed by atoms with Crippen LogP contribution in [-0.2, 0) is 0 Å². The van der Waals surface area contributed by atoms with Gasteiger partial charge in [0, 0.05) is 21.9 Å². The third-order valence-electron chi connectivity index (χ3n) is 9.86. The molecule has 0 N–H and O–H groups in total. The van der Waals surface area contributed by atoms with E-state index in [0.717, 1.165) is 27.5 Å². The highest BCUT2D eigenvalue weighted by atomic mass is 16.3. The van der Waals surface area contributed by atoms with Gasteiger partial charge >= 0.3 is 0 Å². The summed E-state index contributed by atoms with van der Waals surface area (Å²) in [5, 5.41) is 12.2. The van der Waals surface area contributed by atoms with E-state index in [0.29, 0.717) is 0 Å². The molecular weight excluding hydrogens is 569 g/mol. The van der Waals surface area contributed by atoms with Crippen molar-refractivity contribution in [3.8, 4) is 33.4 Å². The van der Waals surface area contributed by atoms with Gasteiger partial charge < -0.3 is 4.42 Å². The molecule has 0 fully saturated rings. The Morgan fingerprint density at radius 3 is 1.53 bits per heavy atom. The van der Waals surface area contributed by atoms with Gasteiger partial charge in [-0.15, -0.1) is 0 Å². The van der Waals surface area contributed by atoms with Crippen molar-refractivity contribution >= 4 is 65.0 Å². The summed E-state index contributed by atoms with van der Waals surface area (Å²) in [7, 11) is 0. The van der Waals surface area contributed by atoms with Gasteiger partial charge in [0.25, 0.3) is 0 Å². The molecule has 0 aliphatic rings. The minimum Gasteiger partial charge on any atom is -0.455 e. The van der Waals surface area contributed by atoms with E-state index in [-0.39, 0.29) is 0 Å². The molecule has 0 radical (unpaired) electrons. The average molecular weight is 597 g/mol. The molecular formula is C46H28O. The van der Waals surface area contributed by atoms with Crippen LogP contribution in [0, 0.1) is 0 Å². The first-order chi connectivity index (χ1) is 23.3. The molecule has 218 valence electrons. The Bertz CT molecular complexity index is 2840. The van der Waals surface area contributed by atoms with Crippen LogP contribution in [0.3, 0.4) is 0 Å². The van der Waals surface area contributed by atoms with Crippen molar-refractivity contribution in [2.24, 2.45) is 0 Å². The van der Waals surface area contributed by atoms with Crippen molar-refractivity contribution in [2.45, 2.75) is 0 Å². The van der Waals surface area contributed by atoms with Crippen LogP contribution < -0.4 is 0 Å². The van der Waals surface area contributed by atoms with Gasteiger partial charge in [-0.3, -0.25) is 0 Å². The topological polar surface area (TPSA) is 13.1 Å². The van der Waals surface area contributed by atoms with Crippen molar-refractivity contribution in [1.29, 1.82) is 0 Å². The van der Waals surface area contributed by atoms with Crippen molar-refractivity contribution in [3.63, 3.8) is 0 Å². The highest BCUT2D eigenvalue weighted by Gasteiger charge is 2.21. The number of rotatable bonds is 3. The van der Waals surface area contributed by atoms with Crippen LogP contribution in [0.25, 0.3) is 98.4 Å². The molecule has 47 heavy (non-hydrogen) atoms. The molecule has 0 aliphatic carbocycles. The number of fused-ring (bicyclic) bond motifs is 7. The fraction of sp³-hybridized carbons (Fsp3) is 0. The van der Waals surface area contributed by atoms with E-state index >= 15 is 0 Å². The van der Waals surface area contributed by atoms with Gasteiger partial charge in [-0.25, -0.2) is 0 Å². The highest BCUT2D eigenvalue weighted by molar-refractivity contribution is 6.26. The summed E-state index contributed by atoms with van der Waals surface area (Å²) in [5.41, 5.74) is 9.09.